The number of nitrogens with zero attached hydrogens (tertiary/aromatic N) is 1. The first kappa shape index (κ1) is 9.88. The molecule has 0 amide bonds. The van der Waals surface area contributed by atoms with Gasteiger partial charge in [0.1, 0.15) is 0 Å². The number of pyridine rings is 1. The van der Waals surface area contributed by atoms with Crippen molar-refractivity contribution in [2.24, 2.45) is 0 Å². The summed E-state index contributed by atoms with van der Waals surface area (Å²) in [5.41, 5.74) is 0.772. The second kappa shape index (κ2) is 4.15. The van der Waals surface area contributed by atoms with E-state index in [2.05, 4.69) is 10.9 Å². The molecule has 0 aromatic carbocycles. The number of halogens is 1. The smallest absolute Gasteiger partial charge is 0.219 e. The molecule has 0 spiro atoms. The maximum Gasteiger partial charge on any atom is 0.219 e. The number of hydrogen-bond donors (Lipinski definition) is 0. The lowest BCUT2D eigenvalue weighted by molar-refractivity contribution is 0.392. The van der Waals surface area contributed by atoms with E-state index in [4.69, 9.17) is 22.8 Å². The lowest BCUT2D eigenvalue weighted by atomic mass is 10.0. The molecule has 2 nitrogen and oxygen atoms in total. The summed E-state index contributed by atoms with van der Waals surface area (Å²) >= 11 is 5.97. The van der Waals surface area contributed by atoms with Crippen molar-refractivity contribution < 1.29 is 4.74 Å². The predicted octanol–water partition coefficient (Wildman–Crippen LogP) is 2.48. The Bertz CT molecular complexity index is 343. The van der Waals surface area contributed by atoms with Gasteiger partial charge in [0.05, 0.1) is 12.1 Å². The van der Waals surface area contributed by atoms with Gasteiger partial charge in [0, 0.05) is 17.7 Å². The number of methoxy groups -OCH3 is 1. The van der Waals surface area contributed by atoms with Crippen LogP contribution in [0.1, 0.15) is 18.4 Å². The van der Waals surface area contributed by atoms with Crippen LogP contribution in [-0.4, -0.2) is 12.1 Å². The van der Waals surface area contributed by atoms with Crippen LogP contribution in [0.15, 0.2) is 12.3 Å². The van der Waals surface area contributed by atoms with E-state index in [1.54, 1.807) is 19.4 Å². The first-order valence-electron chi connectivity index (χ1n) is 3.85. The highest BCUT2D eigenvalue weighted by Crippen LogP contribution is 2.30. The van der Waals surface area contributed by atoms with Gasteiger partial charge in [-0.25, -0.2) is 4.98 Å². The van der Waals surface area contributed by atoms with Crippen molar-refractivity contribution >= 4 is 11.6 Å². The summed E-state index contributed by atoms with van der Waals surface area (Å²) in [7, 11) is 1.55. The molecule has 3 heteroatoms. The van der Waals surface area contributed by atoms with Gasteiger partial charge < -0.3 is 4.74 Å². The molecule has 0 bridgehead atoms. The van der Waals surface area contributed by atoms with Gasteiger partial charge in [-0.1, -0.05) is 17.5 Å². The lowest BCUT2D eigenvalue weighted by Crippen LogP contribution is -1.98. The van der Waals surface area contributed by atoms with E-state index in [1.165, 1.54) is 0 Å². The molecule has 1 unspecified atom stereocenters. The molecule has 1 atom stereocenters. The zero-order chi connectivity index (χ0) is 9.84. The fraction of sp³-hybridized carbons (Fsp3) is 0.300. The third-order valence-electron chi connectivity index (χ3n) is 1.78. The largest absolute Gasteiger partial charge is 0.481 e. The molecule has 0 saturated carbocycles. The minimum Gasteiger partial charge on any atom is -0.481 e. The zero-order valence-corrected chi connectivity index (χ0v) is 8.30. The highest BCUT2D eigenvalue weighted by atomic mass is 35.5. The Morgan fingerprint density at radius 2 is 2.38 bits per heavy atom. The van der Waals surface area contributed by atoms with Crippen molar-refractivity contribution in [2.45, 2.75) is 12.8 Å². The van der Waals surface area contributed by atoms with Gasteiger partial charge in [-0.05, 0) is 13.0 Å². The Labute approximate surface area is 82.9 Å². The minimum absolute atomic E-state index is 0.0869. The molecule has 0 fully saturated rings. The third-order valence-corrected chi connectivity index (χ3v) is 2.11. The van der Waals surface area contributed by atoms with Gasteiger partial charge >= 0.3 is 0 Å². The fourth-order valence-electron chi connectivity index (χ4n) is 1.07. The Morgan fingerprint density at radius 3 is 2.92 bits per heavy atom. The fourth-order valence-corrected chi connectivity index (χ4v) is 1.37. The van der Waals surface area contributed by atoms with E-state index in [-0.39, 0.29) is 5.92 Å². The number of hydrogen-bond acceptors (Lipinski definition) is 2. The number of rotatable bonds is 2. The Kier molecular flexibility index (Phi) is 3.16. The van der Waals surface area contributed by atoms with Gasteiger partial charge in [0.2, 0.25) is 5.88 Å². The standard InChI is InChI=1S/C10H10ClNO/c1-4-7(2)9-8(11)5-6-12-10(9)13-3/h1,5-7H,2-3H3. The number of terminal acetylenes is 1. The molecular formula is C10H10ClNO. The summed E-state index contributed by atoms with van der Waals surface area (Å²) in [6.07, 6.45) is 6.90. The van der Waals surface area contributed by atoms with E-state index in [0.717, 1.165) is 5.56 Å². The topological polar surface area (TPSA) is 22.1 Å². The minimum atomic E-state index is -0.0869. The van der Waals surface area contributed by atoms with Gasteiger partial charge in [0.15, 0.2) is 0 Å². The average molecular weight is 196 g/mol. The molecule has 1 aromatic rings. The van der Waals surface area contributed by atoms with E-state index < -0.39 is 0 Å². The normalized spacial score (nSPS) is 11.8. The van der Waals surface area contributed by atoms with E-state index in [0.29, 0.717) is 10.9 Å². The first-order valence-corrected chi connectivity index (χ1v) is 4.23. The van der Waals surface area contributed by atoms with Crippen molar-refractivity contribution in [3.05, 3.63) is 22.8 Å². The molecule has 0 aliphatic rings. The SMILES string of the molecule is C#CC(C)c1c(Cl)ccnc1OC. The van der Waals surface area contributed by atoms with Crippen LogP contribution in [0.2, 0.25) is 5.02 Å². The van der Waals surface area contributed by atoms with Gasteiger partial charge in [-0.3, -0.25) is 0 Å². The summed E-state index contributed by atoms with van der Waals surface area (Å²) in [5.74, 6) is 3.00. The maximum atomic E-state index is 5.97. The van der Waals surface area contributed by atoms with E-state index in [9.17, 15) is 0 Å². The zero-order valence-electron chi connectivity index (χ0n) is 7.54. The first-order chi connectivity index (χ1) is 6.20. The summed E-state index contributed by atoms with van der Waals surface area (Å²) in [6, 6.07) is 1.70. The second-order valence-electron chi connectivity index (χ2n) is 2.60. The molecule has 1 rings (SSSR count). The summed E-state index contributed by atoms with van der Waals surface area (Å²) < 4.78 is 5.06. The van der Waals surface area contributed by atoms with Crippen LogP contribution in [-0.2, 0) is 0 Å². The van der Waals surface area contributed by atoms with Crippen LogP contribution in [0.25, 0.3) is 0 Å². The maximum absolute atomic E-state index is 5.97. The van der Waals surface area contributed by atoms with Gasteiger partial charge in [0.25, 0.3) is 0 Å². The van der Waals surface area contributed by atoms with Crippen LogP contribution in [0.4, 0.5) is 0 Å². The molecule has 0 aliphatic carbocycles. The molecule has 0 saturated heterocycles. The molecule has 1 aromatic heterocycles. The third kappa shape index (κ3) is 1.93. The highest BCUT2D eigenvalue weighted by molar-refractivity contribution is 6.31. The van der Waals surface area contributed by atoms with Crippen molar-refractivity contribution in [3.63, 3.8) is 0 Å². The second-order valence-corrected chi connectivity index (χ2v) is 3.01. The monoisotopic (exact) mass is 195 g/mol. The molecule has 68 valence electrons. The van der Waals surface area contributed by atoms with Crippen LogP contribution < -0.4 is 4.74 Å². The number of ether oxygens (including phenoxy) is 1. The Hall–Kier alpha value is -1.20. The van der Waals surface area contributed by atoms with Crippen molar-refractivity contribution in [1.29, 1.82) is 0 Å². The molecule has 1 heterocycles. The van der Waals surface area contributed by atoms with Crippen LogP contribution in [0, 0.1) is 12.3 Å². The van der Waals surface area contributed by atoms with E-state index >= 15 is 0 Å². The lowest BCUT2D eigenvalue weighted by Gasteiger charge is -2.10. The average Bonchev–Trinajstić information content (AvgIpc) is 2.16. The summed E-state index contributed by atoms with van der Waals surface area (Å²) in [6.45, 7) is 1.88. The molecule has 0 radical (unpaired) electrons. The molecule has 0 N–H and O–H groups in total. The van der Waals surface area contributed by atoms with Crippen molar-refractivity contribution in [2.75, 3.05) is 7.11 Å². The van der Waals surface area contributed by atoms with Crippen molar-refractivity contribution in [3.8, 4) is 18.2 Å². The predicted molar refractivity (Wildman–Crippen MR) is 53.0 cm³/mol. The highest BCUT2D eigenvalue weighted by Gasteiger charge is 2.13. The Morgan fingerprint density at radius 1 is 1.69 bits per heavy atom. The van der Waals surface area contributed by atoms with E-state index in [1.807, 2.05) is 6.92 Å². The van der Waals surface area contributed by atoms with Gasteiger partial charge in [-0.15, -0.1) is 6.42 Å². The molecular weight excluding hydrogens is 186 g/mol. The molecule has 0 aliphatic heterocycles. The molecule has 13 heavy (non-hydrogen) atoms. The van der Waals surface area contributed by atoms with Crippen LogP contribution in [0.3, 0.4) is 0 Å². The van der Waals surface area contributed by atoms with Crippen LogP contribution >= 0.6 is 11.6 Å². The van der Waals surface area contributed by atoms with Crippen LogP contribution in [0.5, 0.6) is 5.88 Å². The summed E-state index contributed by atoms with van der Waals surface area (Å²) in [4.78, 5) is 4.02. The van der Waals surface area contributed by atoms with Crippen molar-refractivity contribution in [1.82, 2.24) is 4.98 Å². The quantitative estimate of drug-likeness (QED) is 0.677. The Balaban J connectivity index is 3.24. The van der Waals surface area contributed by atoms with Gasteiger partial charge in [-0.2, -0.15) is 0 Å². The summed E-state index contributed by atoms with van der Waals surface area (Å²) in [5, 5.41) is 0.595. The number of aromatic nitrogens is 1.